The lowest BCUT2D eigenvalue weighted by Gasteiger charge is -2.43. The quantitative estimate of drug-likeness (QED) is 0.432. The van der Waals surface area contributed by atoms with Crippen LogP contribution in [0, 0.1) is 58.2 Å². The predicted octanol–water partition coefficient (Wildman–Crippen LogP) is 7.33. The molecule has 0 heteroatoms. The topological polar surface area (TPSA) is 0 Å². The molecule has 0 nitrogen and oxygen atoms in total. The standard InChI is InChI=1S/C13H22.C12H20/c1-13(2)8-9-7-12(13)11-6-4-3-5-10(9)11;1-12(2)7-8-6-11(12)10-5-3-4-9(8)10/h9-12H,3-8H2,1-2H3;8-11H,3-7H2,1-2H3. The third-order valence-electron chi connectivity index (χ3n) is 10.4. The molecule has 6 aliphatic carbocycles. The Bertz CT molecular complexity index is 514. The molecule has 0 amide bonds. The Labute approximate surface area is 156 Å². The Balaban J connectivity index is 0.000000112. The lowest BCUT2D eigenvalue weighted by Crippen LogP contribution is -2.35. The van der Waals surface area contributed by atoms with Crippen LogP contribution in [-0.4, -0.2) is 0 Å². The van der Waals surface area contributed by atoms with Crippen molar-refractivity contribution in [2.75, 3.05) is 0 Å². The van der Waals surface area contributed by atoms with Gasteiger partial charge in [-0.3, -0.25) is 0 Å². The van der Waals surface area contributed by atoms with E-state index < -0.39 is 0 Å². The molecule has 6 saturated carbocycles. The van der Waals surface area contributed by atoms with Gasteiger partial charge in [-0.05, 0) is 110 Å². The Morgan fingerprint density at radius 2 is 0.920 bits per heavy atom. The first-order chi connectivity index (χ1) is 11.9. The minimum atomic E-state index is 0.698. The maximum atomic E-state index is 2.52. The minimum absolute atomic E-state index is 0.698. The Kier molecular flexibility index (Phi) is 3.94. The molecule has 6 rings (SSSR count). The van der Waals surface area contributed by atoms with E-state index in [1.807, 2.05) is 0 Å². The summed E-state index contributed by atoms with van der Waals surface area (Å²) in [4.78, 5) is 0. The van der Waals surface area contributed by atoms with Crippen LogP contribution in [0.3, 0.4) is 0 Å². The predicted molar refractivity (Wildman–Crippen MR) is 106 cm³/mol. The highest BCUT2D eigenvalue weighted by Crippen LogP contribution is 2.65. The minimum Gasteiger partial charge on any atom is -0.0596 e. The van der Waals surface area contributed by atoms with Crippen molar-refractivity contribution in [1.82, 2.24) is 0 Å². The molecule has 0 aromatic rings. The Morgan fingerprint density at radius 1 is 0.520 bits per heavy atom. The summed E-state index contributed by atoms with van der Waals surface area (Å²) >= 11 is 0. The van der Waals surface area contributed by atoms with Gasteiger partial charge in [0.1, 0.15) is 0 Å². The van der Waals surface area contributed by atoms with Gasteiger partial charge in [-0.15, -0.1) is 0 Å². The van der Waals surface area contributed by atoms with Crippen molar-refractivity contribution in [3.63, 3.8) is 0 Å². The van der Waals surface area contributed by atoms with Gasteiger partial charge >= 0.3 is 0 Å². The van der Waals surface area contributed by atoms with Gasteiger partial charge in [-0.1, -0.05) is 47.0 Å². The molecule has 25 heavy (non-hydrogen) atoms. The van der Waals surface area contributed by atoms with E-state index in [0.29, 0.717) is 10.8 Å². The van der Waals surface area contributed by atoms with Crippen LogP contribution in [0.25, 0.3) is 0 Å². The van der Waals surface area contributed by atoms with Crippen molar-refractivity contribution in [3.8, 4) is 0 Å². The highest BCUT2D eigenvalue weighted by atomic mass is 14.6. The summed E-state index contributed by atoms with van der Waals surface area (Å²) in [5.41, 5.74) is 1.40. The fourth-order valence-corrected chi connectivity index (χ4v) is 9.65. The summed E-state index contributed by atoms with van der Waals surface area (Å²) < 4.78 is 0. The molecule has 142 valence electrons. The summed E-state index contributed by atoms with van der Waals surface area (Å²) in [5, 5.41) is 0. The Hall–Kier alpha value is 0. The average Bonchev–Trinajstić information content (AvgIpc) is 3.29. The first-order valence-corrected chi connectivity index (χ1v) is 11.9. The lowest BCUT2D eigenvalue weighted by molar-refractivity contribution is 0.0663. The molecule has 4 bridgehead atoms. The smallest absolute Gasteiger partial charge is 0.0320 e. The van der Waals surface area contributed by atoms with Gasteiger partial charge in [0.05, 0.1) is 0 Å². The van der Waals surface area contributed by atoms with Crippen LogP contribution < -0.4 is 0 Å². The molecular weight excluding hydrogens is 300 g/mol. The van der Waals surface area contributed by atoms with Crippen LogP contribution in [-0.2, 0) is 0 Å². The molecule has 6 aliphatic rings. The van der Waals surface area contributed by atoms with Crippen LogP contribution in [0.5, 0.6) is 0 Å². The van der Waals surface area contributed by atoms with E-state index in [1.165, 1.54) is 18.8 Å². The van der Waals surface area contributed by atoms with E-state index in [1.54, 1.807) is 57.8 Å². The monoisotopic (exact) mass is 342 g/mol. The number of rotatable bonds is 0. The second kappa shape index (κ2) is 5.75. The van der Waals surface area contributed by atoms with E-state index in [4.69, 9.17) is 0 Å². The molecule has 8 atom stereocenters. The van der Waals surface area contributed by atoms with Crippen LogP contribution in [0.2, 0.25) is 0 Å². The van der Waals surface area contributed by atoms with Crippen LogP contribution in [0.4, 0.5) is 0 Å². The SMILES string of the molecule is CC1(C)CC2CC1C1CCCC21.CC1(C)CC2CC1C1CCCCC21. The zero-order valence-corrected chi connectivity index (χ0v) is 17.4. The van der Waals surface area contributed by atoms with Crippen LogP contribution >= 0.6 is 0 Å². The van der Waals surface area contributed by atoms with Crippen molar-refractivity contribution >= 4 is 0 Å². The maximum Gasteiger partial charge on any atom is -0.0320 e. The van der Waals surface area contributed by atoms with E-state index in [9.17, 15) is 0 Å². The van der Waals surface area contributed by atoms with Crippen molar-refractivity contribution in [3.05, 3.63) is 0 Å². The first kappa shape index (κ1) is 17.1. The van der Waals surface area contributed by atoms with Crippen molar-refractivity contribution in [2.45, 2.75) is 98.3 Å². The molecular formula is C25H42. The van der Waals surface area contributed by atoms with Gasteiger partial charge in [0.25, 0.3) is 0 Å². The molecule has 0 aliphatic heterocycles. The maximum absolute atomic E-state index is 2.52. The molecule has 0 aromatic heterocycles. The molecule has 0 saturated heterocycles. The van der Waals surface area contributed by atoms with Gasteiger partial charge in [0.2, 0.25) is 0 Å². The highest BCUT2D eigenvalue weighted by Gasteiger charge is 2.57. The van der Waals surface area contributed by atoms with E-state index in [0.717, 1.165) is 41.4 Å². The number of hydrogen-bond acceptors (Lipinski definition) is 0. The summed E-state index contributed by atoms with van der Waals surface area (Å²) in [5.74, 6) is 9.09. The van der Waals surface area contributed by atoms with Gasteiger partial charge < -0.3 is 0 Å². The zero-order valence-electron chi connectivity index (χ0n) is 17.4. The fourth-order valence-electron chi connectivity index (χ4n) is 9.65. The third kappa shape index (κ3) is 2.59. The third-order valence-corrected chi connectivity index (χ3v) is 10.4. The van der Waals surface area contributed by atoms with E-state index in [2.05, 4.69) is 27.7 Å². The van der Waals surface area contributed by atoms with Crippen LogP contribution in [0.15, 0.2) is 0 Å². The van der Waals surface area contributed by atoms with Crippen molar-refractivity contribution in [2.24, 2.45) is 58.2 Å². The number of fused-ring (bicyclic) bond motifs is 10. The van der Waals surface area contributed by atoms with Crippen LogP contribution in [0.1, 0.15) is 98.3 Å². The summed E-state index contributed by atoms with van der Waals surface area (Å²) in [6.07, 6.45) is 17.1. The van der Waals surface area contributed by atoms with Gasteiger partial charge in [0, 0.05) is 0 Å². The lowest BCUT2D eigenvalue weighted by atomic mass is 9.62. The molecule has 0 spiro atoms. The van der Waals surface area contributed by atoms with Crippen molar-refractivity contribution < 1.29 is 0 Å². The summed E-state index contributed by atoms with van der Waals surface area (Å²) in [7, 11) is 0. The number of hydrogen-bond donors (Lipinski definition) is 0. The molecule has 0 heterocycles. The van der Waals surface area contributed by atoms with E-state index in [-0.39, 0.29) is 0 Å². The van der Waals surface area contributed by atoms with Gasteiger partial charge in [-0.25, -0.2) is 0 Å². The summed E-state index contributed by atoms with van der Waals surface area (Å²) in [6, 6.07) is 0. The molecule has 0 radical (unpaired) electrons. The first-order valence-electron chi connectivity index (χ1n) is 11.9. The average molecular weight is 343 g/mol. The summed E-state index contributed by atoms with van der Waals surface area (Å²) in [6.45, 7) is 10.0. The van der Waals surface area contributed by atoms with Gasteiger partial charge in [0.15, 0.2) is 0 Å². The highest BCUT2D eigenvalue weighted by molar-refractivity contribution is 5.06. The van der Waals surface area contributed by atoms with Crippen molar-refractivity contribution in [1.29, 1.82) is 0 Å². The van der Waals surface area contributed by atoms with Gasteiger partial charge in [-0.2, -0.15) is 0 Å². The normalized spacial score (nSPS) is 53.3. The second-order valence-electron chi connectivity index (χ2n) is 12.5. The Morgan fingerprint density at radius 3 is 1.44 bits per heavy atom. The molecule has 0 N–H and O–H groups in total. The van der Waals surface area contributed by atoms with E-state index >= 15 is 0 Å². The second-order valence-corrected chi connectivity index (χ2v) is 12.5. The molecule has 6 fully saturated rings. The molecule has 8 unspecified atom stereocenters. The fraction of sp³-hybridized carbons (Fsp3) is 1.00. The largest absolute Gasteiger partial charge is 0.0596 e. The molecule has 0 aromatic carbocycles. The zero-order chi connectivity index (χ0) is 17.4.